The van der Waals surface area contributed by atoms with Crippen LogP contribution < -0.4 is 4.99 Å². The molecule has 1 nitrogen and oxygen atoms in total. The van der Waals surface area contributed by atoms with E-state index in [1.807, 2.05) is 0 Å². The molecule has 0 atom stereocenters. The summed E-state index contributed by atoms with van der Waals surface area (Å²) in [5, 5.41) is 0. The first kappa shape index (κ1) is 5.66. The van der Waals surface area contributed by atoms with Crippen molar-refractivity contribution in [2.24, 2.45) is 0 Å². The maximum absolute atomic E-state index is 3.30. The normalized spacial score (nSPS) is 14.7. The minimum atomic E-state index is 1.00. The van der Waals surface area contributed by atoms with Gasteiger partial charge < -0.3 is 0 Å². The standard InChI is InChI=1S/C9H9N/c1-7-9-5-3-2-4-8(9)6-10-7/h2-5H,6H2,1H3/p+1. The van der Waals surface area contributed by atoms with E-state index in [-0.39, 0.29) is 0 Å². The summed E-state index contributed by atoms with van der Waals surface area (Å²) in [7, 11) is 0. The zero-order chi connectivity index (χ0) is 6.97. The monoisotopic (exact) mass is 132 g/mol. The van der Waals surface area contributed by atoms with Crippen molar-refractivity contribution in [3.63, 3.8) is 0 Å². The Labute approximate surface area is 60.4 Å². The number of benzene rings is 1. The van der Waals surface area contributed by atoms with Gasteiger partial charge in [0.15, 0.2) is 12.3 Å². The van der Waals surface area contributed by atoms with E-state index in [1.54, 1.807) is 0 Å². The van der Waals surface area contributed by atoms with Crippen molar-refractivity contribution < 1.29 is 4.99 Å². The van der Waals surface area contributed by atoms with Crippen LogP contribution in [0.3, 0.4) is 0 Å². The molecule has 0 fully saturated rings. The minimum absolute atomic E-state index is 1.00. The van der Waals surface area contributed by atoms with Gasteiger partial charge in [0.05, 0.1) is 5.56 Å². The van der Waals surface area contributed by atoms with Gasteiger partial charge in [-0.05, 0) is 6.07 Å². The third kappa shape index (κ3) is 0.670. The fourth-order valence-corrected chi connectivity index (χ4v) is 1.36. The SMILES string of the molecule is CC1=[NH+]Cc2ccccc21. The van der Waals surface area contributed by atoms with Crippen LogP contribution >= 0.6 is 0 Å². The van der Waals surface area contributed by atoms with E-state index >= 15 is 0 Å². The van der Waals surface area contributed by atoms with Gasteiger partial charge in [-0.15, -0.1) is 0 Å². The molecule has 1 N–H and O–H groups in total. The number of hydrogen-bond donors (Lipinski definition) is 1. The van der Waals surface area contributed by atoms with Crippen LogP contribution in [0.15, 0.2) is 24.3 Å². The van der Waals surface area contributed by atoms with Crippen molar-refractivity contribution in [1.29, 1.82) is 0 Å². The predicted octanol–water partition coefficient (Wildman–Crippen LogP) is 0.0898. The molecule has 50 valence electrons. The Balaban J connectivity index is 2.61. The van der Waals surface area contributed by atoms with Gasteiger partial charge in [-0.25, -0.2) is 4.99 Å². The lowest BCUT2D eigenvalue weighted by atomic mass is 10.1. The zero-order valence-electron chi connectivity index (χ0n) is 6.02. The smallest absolute Gasteiger partial charge is 0.179 e. The first-order chi connectivity index (χ1) is 4.88. The van der Waals surface area contributed by atoms with Crippen molar-refractivity contribution in [2.75, 3.05) is 0 Å². The highest BCUT2D eigenvalue weighted by atomic mass is 14.8. The minimum Gasteiger partial charge on any atom is -0.241 e. The molecule has 0 amide bonds. The molecule has 1 aromatic rings. The van der Waals surface area contributed by atoms with Crippen molar-refractivity contribution in [3.05, 3.63) is 35.4 Å². The lowest BCUT2D eigenvalue weighted by molar-refractivity contribution is -0.469. The summed E-state index contributed by atoms with van der Waals surface area (Å²) >= 11 is 0. The van der Waals surface area contributed by atoms with Crippen LogP contribution in [0.5, 0.6) is 0 Å². The lowest BCUT2D eigenvalue weighted by Gasteiger charge is -1.90. The van der Waals surface area contributed by atoms with E-state index in [0.29, 0.717) is 0 Å². The summed E-state index contributed by atoms with van der Waals surface area (Å²) in [6.45, 7) is 3.12. The highest BCUT2D eigenvalue weighted by molar-refractivity contribution is 5.96. The first-order valence-electron chi connectivity index (χ1n) is 3.53. The molecule has 1 aromatic carbocycles. The highest BCUT2D eigenvalue weighted by Crippen LogP contribution is 2.08. The van der Waals surface area contributed by atoms with E-state index in [9.17, 15) is 0 Å². The molecule has 0 saturated carbocycles. The van der Waals surface area contributed by atoms with Crippen LogP contribution in [-0.4, -0.2) is 5.71 Å². The number of hydrogen-bond acceptors (Lipinski definition) is 0. The van der Waals surface area contributed by atoms with Crippen LogP contribution in [0.1, 0.15) is 18.1 Å². The second kappa shape index (κ2) is 1.94. The Kier molecular flexibility index (Phi) is 1.10. The second-order valence-corrected chi connectivity index (χ2v) is 2.64. The molecule has 10 heavy (non-hydrogen) atoms. The fraction of sp³-hybridized carbons (Fsp3) is 0.222. The maximum Gasteiger partial charge on any atom is 0.179 e. The van der Waals surface area contributed by atoms with Crippen molar-refractivity contribution in [3.8, 4) is 0 Å². The molecule has 1 heterocycles. The molecular formula is C9H10N+. The quantitative estimate of drug-likeness (QED) is 0.514. The number of rotatable bonds is 0. The molecule has 1 aliphatic rings. The van der Waals surface area contributed by atoms with Crippen molar-refractivity contribution in [1.82, 2.24) is 0 Å². The van der Waals surface area contributed by atoms with Gasteiger partial charge in [-0.2, -0.15) is 0 Å². The molecule has 0 unspecified atom stereocenters. The van der Waals surface area contributed by atoms with Gasteiger partial charge in [-0.1, -0.05) is 18.2 Å². The van der Waals surface area contributed by atoms with Crippen LogP contribution in [0, 0.1) is 0 Å². The Morgan fingerprint density at radius 2 is 2.10 bits per heavy atom. The van der Waals surface area contributed by atoms with Gasteiger partial charge >= 0.3 is 0 Å². The third-order valence-corrected chi connectivity index (χ3v) is 1.97. The zero-order valence-corrected chi connectivity index (χ0v) is 6.02. The van der Waals surface area contributed by atoms with E-state index in [0.717, 1.165) is 6.54 Å². The summed E-state index contributed by atoms with van der Waals surface area (Å²) in [5.41, 5.74) is 4.10. The topological polar surface area (TPSA) is 14.0 Å². The Morgan fingerprint density at radius 3 is 2.90 bits per heavy atom. The summed E-state index contributed by atoms with van der Waals surface area (Å²) in [6, 6.07) is 8.48. The number of nitrogens with one attached hydrogen (secondary N) is 1. The number of fused-ring (bicyclic) bond motifs is 1. The summed E-state index contributed by atoms with van der Waals surface area (Å²) < 4.78 is 0. The van der Waals surface area contributed by atoms with E-state index in [2.05, 4.69) is 36.2 Å². The van der Waals surface area contributed by atoms with Gasteiger partial charge in [-0.3, -0.25) is 0 Å². The molecule has 0 spiro atoms. The predicted molar refractivity (Wildman–Crippen MR) is 40.9 cm³/mol. The summed E-state index contributed by atoms with van der Waals surface area (Å²) in [6.07, 6.45) is 0. The average molecular weight is 132 g/mol. The average Bonchev–Trinajstić information content (AvgIpc) is 2.34. The Hall–Kier alpha value is -1.11. The van der Waals surface area contributed by atoms with Crippen LogP contribution in [0.4, 0.5) is 0 Å². The van der Waals surface area contributed by atoms with Crippen LogP contribution in [0.2, 0.25) is 0 Å². The van der Waals surface area contributed by atoms with Gasteiger partial charge in [0, 0.05) is 12.5 Å². The molecule has 0 aliphatic carbocycles. The molecule has 0 bridgehead atoms. The largest absolute Gasteiger partial charge is 0.241 e. The molecule has 1 aliphatic heterocycles. The summed E-state index contributed by atoms with van der Waals surface area (Å²) in [4.78, 5) is 3.30. The molecule has 0 saturated heterocycles. The first-order valence-corrected chi connectivity index (χ1v) is 3.53. The van der Waals surface area contributed by atoms with Gasteiger partial charge in [0.1, 0.15) is 0 Å². The molecule has 1 heteroatoms. The van der Waals surface area contributed by atoms with Crippen molar-refractivity contribution in [2.45, 2.75) is 13.5 Å². The molecule has 2 rings (SSSR count). The van der Waals surface area contributed by atoms with E-state index in [4.69, 9.17) is 0 Å². The van der Waals surface area contributed by atoms with Gasteiger partial charge in [0.2, 0.25) is 0 Å². The molecule has 0 aromatic heterocycles. The molecular weight excluding hydrogens is 122 g/mol. The second-order valence-electron chi connectivity index (χ2n) is 2.64. The molecule has 0 radical (unpaired) electrons. The van der Waals surface area contributed by atoms with Crippen LogP contribution in [-0.2, 0) is 6.54 Å². The third-order valence-electron chi connectivity index (χ3n) is 1.97. The highest BCUT2D eigenvalue weighted by Gasteiger charge is 2.15. The van der Waals surface area contributed by atoms with E-state index < -0.39 is 0 Å². The maximum atomic E-state index is 3.30. The summed E-state index contributed by atoms with van der Waals surface area (Å²) in [5.74, 6) is 0. The van der Waals surface area contributed by atoms with Crippen LogP contribution in [0.25, 0.3) is 0 Å². The van der Waals surface area contributed by atoms with Gasteiger partial charge in [0.25, 0.3) is 0 Å². The fourth-order valence-electron chi connectivity index (χ4n) is 1.36. The Bertz CT molecular complexity index is 287. The Morgan fingerprint density at radius 1 is 1.30 bits per heavy atom. The van der Waals surface area contributed by atoms with E-state index in [1.165, 1.54) is 16.8 Å². The van der Waals surface area contributed by atoms with Crippen molar-refractivity contribution >= 4 is 5.71 Å². The lowest BCUT2D eigenvalue weighted by Crippen LogP contribution is -2.67.